The quantitative estimate of drug-likeness (QED) is 0.442. The first-order chi connectivity index (χ1) is 14.6. The molecule has 164 valence electrons. The molecule has 0 aliphatic carbocycles. The number of nitrogens with zero attached hydrogens (tertiary/aromatic N) is 3. The third-order valence-corrected chi connectivity index (χ3v) is 5.24. The predicted molar refractivity (Wildman–Crippen MR) is 114 cm³/mol. The first kappa shape index (κ1) is 23.2. The maximum Gasteiger partial charge on any atom is 0.422 e. The summed E-state index contributed by atoms with van der Waals surface area (Å²) in [7, 11) is 0. The zero-order valence-corrected chi connectivity index (χ0v) is 18.5. The zero-order chi connectivity index (χ0) is 22.8. The normalized spacial score (nSPS) is 11.5. The van der Waals surface area contributed by atoms with Crippen molar-refractivity contribution < 1.29 is 22.7 Å². The number of alkyl halides is 3. The van der Waals surface area contributed by atoms with Crippen molar-refractivity contribution in [3.8, 4) is 11.7 Å². The maximum atomic E-state index is 13.1. The van der Waals surface area contributed by atoms with Crippen LogP contribution >= 0.6 is 35.0 Å². The summed E-state index contributed by atoms with van der Waals surface area (Å²) in [4.78, 5) is 17.9. The summed E-state index contributed by atoms with van der Waals surface area (Å²) in [5.74, 6) is -0.979. The minimum atomic E-state index is -4.57. The van der Waals surface area contributed by atoms with Crippen molar-refractivity contribution >= 4 is 46.6 Å². The van der Waals surface area contributed by atoms with Gasteiger partial charge in [0.2, 0.25) is 5.88 Å². The third kappa shape index (κ3) is 5.63. The SMILES string of the molecule is CSc1cc(Cl)cc(C)c1NC(=O)c1cc(OCC(F)(F)F)nn1-c1ncccc1Cl. The van der Waals surface area contributed by atoms with E-state index in [0.717, 1.165) is 10.7 Å². The van der Waals surface area contributed by atoms with Crippen LogP contribution in [0.4, 0.5) is 18.9 Å². The third-order valence-electron chi connectivity index (χ3n) is 3.97. The molecule has 12 heteroatoms. The molecule has 2 heterocycles. The second-order valence-corrected chi connectivity index (χ2v) is 7.94. The van der Waals surface area contributed by atoms with E-state index < -0.39 is 24.6 Å². The minimum Gasteiger partial charge on any atom is -0.467 e. The van der Waals surface area contributed by atoms with E-state index in [1.165, 1.54) is 24.0 Å². The largest absolute Gasteiger partial charge is 0.467 e. The fourth-order valence-corrected chi connectivity index (χ4v) is 3.85. The Morgan fingerprint density at radius 1 is 1.29 bits per heavy atom. The van der Waals surface area contributed by atoms with Crippen molar-refractivity contribution in [1.82, 2.24) is 14.8 Å². The van der Waals surface area contributed by atoms with E-state index in [-0.39, 0.29) is 16.5 Å². The molecule has 0 saturated carbocycles. The highest BCUT2D eigenvalue weighted by molar-refractivity contribution is 7.98. The molecule has 0 saturated heterocycles. The van der Waals surface area contributed by atoms with Gasteiger partial charge in [-0.05, 0) is 43.0 Å². The molecule has 0 aliphatic heterocycles. The van der Waals surface area contributed by atoms with E-state index in [1.54, 1.807) is 25.1 Å². The highest BCUT2D eigenvalue weighted by atomic mass is 35.5. The van der Waals surface area contributed by atoms with Crippen LogP contribution in [0.2, 0.25) is 10.0 Å². The Bertz CT molecular complexity index is 1120. The van der Waals surface area contributed by atoms with Gasteiger partial charge in [-0.3, -0.25) is 4.79 Å². The molecule has 0 spiro atoms. The lowest BCUT2D eigenvalue weighted by Crippen LogP contribution is -2.19. The minimum absolute atomic E-state index is 0.0640. The van der Waals surface area contributed by atoms with Crippen molar-refractivity contribution in [2.45, 2.75) is 18.0 Å². The summed E-state index contributed by atoms with van der Waals surface area (Å²) in [5.41, 5.74) is 1.11. The number of nitrogens with one attached hydrogen (secondary N) is 1. The van der Waals surface area contributed by atoms with E-state index in [0.29, 0.717) is 21.2 Å². The number of hydrogen-bond donors (Lipinski definition) is 1. The molecule has 1 N–H and O–H groups in total. The van der Waals surface area contributed by atoms with Gasteiger partial charge in [0.05, 0.1) is 10.7 Å². The predicted octanol–water partition coefficient (Wildman–Crippen LogP) is 5.80. The van der Waals surface area contributed by atoms with Gasteiger partial charge in [0.1, 0.15) is 5.69 Å². The lowest BCUT2D eigenvalue weighted by atomic mass is 10.2. The number of carbonyl (C=O) groups is 1. The highest BCUT2D eigenvalue weighted by Crippen LogP contribution is 2.33. The Morgan fingerprint density at radius 3 is 2.68 bits per heavy atom. The van der Waals surface area contributed by atoms with Gasteiger partial charge in [-0.2, -0.15) is 13.2 Å². The Labute approximate surface area is 189 Å². The van der Waals surface area contributed by atoms with Gasteiger partial charge in [0.15, 0.2) is 12.4 Å². The molecule has 3 rings (SSSR count). The second-order valence-electron chi connectivity index (χ2n) is 6.25. The fourth-order valence-electron chi connectivity index (χ4n) is 2.65. The molecule has 31 heavy (non-hydrogen) atoms. The molecular formula is C19H15Cl2F3N4O2S. The number of thioether (sulfide) groups is 1. The van der Waals surface area contributed by atoms with E-state index in [4.69, 9.17) is 27.9 Å². The molecule has 6 nitrogen and oxygen atoms in total. The van der Waals surface area contributed by atoms with Crippen LogP contribution in [0.15, 0.2) is 41.4 Å². The van der Waals surface area contributed by atoms with E-state index in [9.17, 15) is 18.0 Å². The number of aromatic nitrogens is 3. The Hall–Kier alpha value is -2.43. The number of carbonyl (C=O) groups excluding carboxylic acids is 1. The van der Waals surface area contributed by atoms with Gasteiger partial charge < -0.3 is 10.1 Å². The van der Waals surface area contributed by atoms with Crippen LogP contribution < -0.4 is 10.1 Å². The number of aryl methyl sites for hydroxylation is 1. The molecule has 1 amide bonds. The van der Waals surface area contributed by atoms with Crippen molar-refractivity contribution in [2.75, 3.05) is 18.2 Å². The van der Waals surface area contributed by atoms with E-state index >= 15 is 0 Å². The van der Waals surface area contributed by atoms with Crippen LogP contribution in [0.3, 0.4) is 0 Å². The summed E-state index contributed by atoms with van der Waals surface area (Å²) in [6, 6.07) is 7.55. The van der Waals surface area contributed by atoms with Gasteiger partial charge in [-0.15, -0.1) is 16.9 Å². The number of anilines is 1. The van der Waals surface area contributed by atoms with Crippen LogP contribution in [0.5, 0.6) is 5.88 Å². The lowest BCUT2D eigenvalue weighted by Gasteiger charge is -2.14. The van der Waals surface area contributed by atoms with Gasteiger partial charge in [-0.25, -0.2) is 9.67 Å². The van der Waals surface area contributed by atoms with Crippen LogP contribution in [0.25, 0.3) is 5.82 Å². The number of benzene rings is 1. The zero-order valence-electron chi connectivity index (χ0n) is 16.1. The monoisotopic (exact) mass is 490 g/mol. The van der Waals surface area contributed by atoms with Crippen molar-refractivity contribution in [2.24, 2.45) is 0 Å². The van der Waals surface area contributed by atoms with Crippen LogP contribution in [0.1, 0.15) is 16.1 Å². The Morgan fingerprint density at radius 2 is 2.03 bits per heavy atom. The first-order valence-electron chi connectivity index (χ1n) is 8.65. The molecule has 3 aromatic rings. The van der Waals surface area contributed by atoms with Gasteiger partial charge >= 0.3 is 6.18 Å². The number of rotatable bonds is 6. The number of halogens is 5. The van der Waals surface area contributed by atoms with Gasteiger partial charge in [0, 0.05) is 22.2 Å². The lowest BCUT2D eigenvalue weighted by molar-refractivity contribution is -0.154. The highest BCUT2D eigenvalue weighted by Gasteiger charge is 2.30. The van der Waals surface area contributed by atoms with Gasteiger partial charge in [0.25, 0.3) is 5.91 Å². The standard InChI is InChI=1S/C19H15Cl2F3N4O2S/c1-10-6-11(20)7-14(31-2)16(10)26-18(29)13-8-15(30-9-19(22,23)24)27-28(13)17-12(21)4-3-5-25-17/h3-8H,9H2,1-2H3,(H,26,29). The van der Waals surface area contributed by atoms with E-state index in [1.807, 2.05) is 6.26 Å². The maximum absolute atomic E-state index is 13.1. The smallest absolute Gasteiger partial charge is 0.422 e. The number of amides is 1. The summed E-state index contributed by atoms with van der Waals surface area (Å²) in [6.07, 6.45) is -1.33. The molecule has 0 fully saturated rings. The Kier molecular flexibility index (Phi) is 7.03. The summed E-state index contributed by atoms with van der Waals surface area (Å²) >= 11 is 13.6. The molecule has 0 bridgehead atoms. The van der Waals surface area contributed by atoms with Crippen molar-refractivity contribution in [3.05, 3.63) is 57.8 Å². The second kappa shape index (κ2) is 9.37. The van der Waals surface area contributed by atoms with Crippen LogP contribution in [-0.2, 0) is 0 Å². The molecule has 0 radical (unpaired) electrons. The van der Waals surface area contributed by atoms with Crippen molar-refractivity contribution in [3.63, 3.8) is 0 Å². The molecule has 0 unspecified atom stereocenters. The van der Waals surface area contributed by atoms with Crippen LogP contribution in [-0.4, -0.2) is 39.7 Å². The van der Waals surface area contributed by atoms with Crippen molar-refractivity contribution in [1.29, 1.82) is 0 Å². The summed E-state index contributed by atoms with van der Waals surface area (Å²) in [5, 5.41) is 7.36. The molecule has 1 aromatic carbocycles. The average Bonchev–Trinajstić information content (AvgIpc) is 3.12. The van der Waals surface area contributed by atoms with E-state index in [2.05, 4.69) is 15.4 Å². The molecular weight excluding hydrogens is 476 g/mol. The fraction of sp³-hybridized carbons (Fsp3) is 0.211. The topological polar surface area (TPSA) is 69.0 Å². The first-order valence-corrected chi connectivity index (χ1v) is 10.6. The summed E-state index contributed by atoms with van der Waals surface area (Å²) in [6.45, 7) is 0.208. The molecule has 2 aromatic heterocycles. The van der Waals surface area contributed by atoms with Crippen LogP contribution in [0, 0.1) is 6.92 Å². The average molecular weight is 491 g/mol. The number of pyridine rings is 1. The molecule has 0 atom stereocenters. The van der Waals surface area contributed by atoms with Gasteiger partial charge in [-0.1, -0.05) is 23.2 Å². The summed E-state index contributed by atoms with van der Waals surface area (Å²) < 4.78 is 43.4. The Balaban J connectivity index is 2.02. The number of hydrogen-bond acceptors (Lipinski definition) is 5. The molecule has 0 aliphatic rings. The number of ether oxygens (including phenoxy) is 1.